The van der Waals surface area contributed by atoms with E-state index in [1.165, 1.54) is 18.5 Å². The lowest BCUT2D eigenvalue weighted by atomic mass is 10.1. The second kappa shape index (κ2) is 7.46. The summed E-state index contributed by atoms with van der Waals surface area (Å²) in [6.45, 7) is 0.322. The largest absolute Gasteiger partial charge is 0.350 e. The zero-order valence-electron chi connectivity index (χ0n) is 12.9. The molecule has 3 aromatic rings. The number of halogens is 1. The highest BCUT2D eigenvalue weighted by molar-refractivity contribution is 5.78. The summed E-state index contributed by atoms with van der Waals surface area (Å²) < 4.78 is 13.0. The summed E-state index contributed by atoms with van der Waals surface area (Å²) in [5.41, 5.74) is 3.16. The fourth-order valence-corrected chi connectivity index (χ4v) is 2.31. The van der Waals surface area contributed by atoms with Gasteiger partial charge in [0.05, 0.1) is 24.4 Å². The minimum atomic E-state index is -0.291. The first-order valence-corrected chi connectivity index (χ1v) is 7.58. The maximum atomic E-state index is 13.0. The van der Waals surface area contributed by atoms with Crippen molar-refractivity contribution in [1.82, 2.24) is 15.3 Å². The minimum Gasteiger partial charge on any atom is -0.350 e. The third-order valence-corrected chi connectivity index (χ3v) is 3.54. The van der Waals surface area contributed by atoms with Gasteiger partial charge in [-0.1, -0.05) is 30.3 Å². The van der Waals surface area contributed by atoms with Crippen LogP contribution in [0.5, 0.6) is 0 Å². The van der Waals surface area contributed by atoms with Gasteiger partial charge in [0.15, 0.2) is 0 Å². The lowest BCUT2D eigenvalue weighted by molar-refractivity contribution is -0.120. The molecule has 1 aromatic heterocycles. The van der Waals surface area contributed by atoms with Gasteiger partial charge in [-0.05, 0) is 35.9 Å². The van der Waals surface area contributed by atoms with Gasteiger partial charge in [-0.2, -0.15) is 0 Å². The summed E-state index contributed by atoms with van der Waals surface area (Å²) in [4.78, 5) is 20.3. The molecule has 0 saturated carbocycles. The zero-order valence-corrected chi connectivity index (χ0v) is 12.9. The number of aromatic nitrogens is 2. The van der Waals surface area contributed by atoms with E-state index in [2.05, 4.69) is 15.3 Å². The van der Waals surface area contributed by atoms with Crippen LogP contribution in [0.3, 0.4) is 0 Å². The van der Waals surface area contributed by atoms with Gasteiger partial charge in [0.1, 0.15) is 12.1 Å². The molecule has 0 aliphatic rings. The van der Waals surface area contributed by atoms with E-state index in [1.807, 2.05) is 30.3 Å². The van der Waals surface area contributed by atoms with E-state index in [4.69, 9.17) is 0 Å². The van der Waals surface area contributed by atoms with Crippen molar-refractivity contribution in [1.29, 1.82) is 0 Å². The number of amides is 1. The molecule has 1 heterocycles. The van der Waals surface area contributed by atoms with Crippen LogP contribution < -0.4 is 5.32 Å². The molecule has 0 unspecified atom stereocenters. The van der Waals surface area contributed by atoms with Crippen molar-refractivity contribution in [2.45, 2.75) is 13.0 Å². The van der Waals surface area contributed by atoms with Gasteiger partial charge >= 0.3 is 0 Å². The number of benzene rings is 2. The summed E-state index contributed by atoms with van der Waals surface area (Å²) in [6.07, 6.45) is 1.77. The van der Waals surface area contributed by atoms with Gasteiger partial charge in [0, 0.05) is 5.56 Å². The normalized spacial score (nSPS) is 10.4. The fourth-order valence-electron chi connectivity index (χ4n) is 2.31. The van der Waals surface area contributed by atoms with Crippen LogP contribution in [0.1, 0.15) is 11.3 Å². The SMILES string of the molecule is O=C(Cc1ccccc1)NCc1cc(-c2ccc(F)cc2)ncn1. The molecule has 120 valence electrons. The monoisotopic (exact) mass is 321 g/mol. The first kappa shape index (κ1) is 15.8. The zero-order chi connectivity index (χ0) is 16.8. The predicted octanol–water partition coefficient (Wildman–Crippen LogP) is 3.14. The Balaban J connectivity index is 1.62. The standard InChI is InChI=1S/C19H16FN3O/c20-16-8-6-15(7-9-16)18-11-17(22-13-23-18)12-21-19(24)10-14-4-2-1-3-5-14/h1-9,11,13H,10,12H2,(H,21,24). The van der Waals surface area contributed by atoms with Crippen LogP contribution in [0.25, 0.3) is 11.3 Å². The van der Waals surface area contributed by atoms with Crippen molar-refractivity contribution in [2.75, 3.05) is 0 Å². The number of rotatable bonds is 5. The highest BCUT2D eigenvalue weighted by Crippen LogP contribution is 2.17. The molecule has 0 bridgehead atoms. The molecular weight excluding hydrogens is 305 g/mol. The highest BCUT2D eigenvalue weighted by atomic mass is 19.1. The highest BCUT2D eigenvalue weighted by Gasteiger charge is 2.06. The molecule has 0 atom stereocenters. The maximum absolute atomic E-state index is 13.0. The van der Waals surface area contributed by atoms with E-state index in [1.54, 1.807) is 18.2 Å². The smallest absolute Gasteiger partial charge is 0.224 e. The minimum absolute atomic E-state index is 0.0665. The van der Waals surface area contributed by atoms with Gasteiger partial charge in [-0.25, -0.2) is 14.4 Å². The van der Waals surface area contributed by atoms with E-state index in [-0.39, 0.29) is 11.7 Å². The van der Waals surface area contributed by atoms with Gasteiger partial charge in [-0.3, -0.25) is 4.79 Å². The first-order chi connectivity index (χ1) is 11.7. The van der Waals surface area contributed by atoms with E-state index in [9.17, 15) is 9.18 Å². The lowest BCUT2D eigenvalue weighted by Gasteiger charge is -2.06. The Labute approximate surface area is 139 Å². The second-order valence-corrected chi connectivity index (χ2v) is 5.34. The Hall–Kier alpha value is -3.08. The Morgan fingerprint density at radius 1 is 1.00 bits per heavy atom. The summed E-state index contributed by atoms with van der Waals surface area (Å²) in [7, 11) is 0. The molecule has 0 radical (unpaired) electrons. The van der Waals surface area contributed by atoms with Gasteiger partial charge < -0.3 is 5.32 Å². The van der Waals surface area contributed by atoms with Crippen LogP contribution in [0.4, 0.5) is 4.39 Å². The molecule has 0 fully saturated rings. The van der Waals surface area contributed by atoms with Crippen molar-refractivity contribution in [3.8, 4) is 11.3 Å². The van der Waals surface area contributed by atoms with Crippen molar-refractivity contribution < 1.29 is 9.18 Å². The van der Waals surface area contributed by atoms with Crippen LogP contribution in [0.2, 0.25) is 0 Å². The van der Waals surface area contributed by atoms with Crippen molar-refractivity contribution in [3.63, 3.8) is 0 Å². The summed E-state index contributed by atoms with van der Waals surface area (Å²) in [5.74, 6) is -0.357. The number of hydrogen-bond donors (Lipinski definition) is 1. The van der Waals surface area contributed by atoms with Gasteiger partial charge in [-0.15, -0.1) is 0 Å². The average Bonchev–Trinajstić information content (AvgIpc) is 2.62. The molecule has 5 heteroatoms. The van der Waals surface area contributed by atoms with Crippen molar-refractivity contribution in [2.24, 2.45) is 0 Å². The first-order valence-electron chi connectivity index (χ1n) is 7.58. The average molecular weight is 321 g/mol. The van der Waals surface area contributed by atoms with E-state index < -0.39 is 0 Å². The van der Waals surface area contributed by atoms with Gasteiger partial charge in [0.25, 0.3) is 0 Å². The van der Waals surface area contributed by atoms with Crippen LogP contribution in [0.15, 0.2) is 67.0 Å². The molecule has 4 nitrogen and oxygen atoms in total. The van der Waals surface area contributed by atoms with E-state index in [0.717, 1.165) is 11.1 Å². The number of carbonyl (C=O) groups is 1. The summed E-state index contributed by atoms with van der Waals surface area (Å²) in [5, 5.41) is 2.85. The fraction of sp³-hybridized carbons (Fsp3) is 0.105. The molecule has 0 aliphatic heterocycles. The number of carbonyl (C=O) groups excluding carboxylic acids is 1. The van der Waals surface area contributed by atoms with Crippen LogP contribution in [-0.2, 0) is 17.8 Å². The second-order valence-electron chi connectivity index (χ2n) is 5.34. The molecule has 0 aliphatic carbocycles. The van der Waals surface area contributed by atoms with Crippen LogP contribution in [-0.4, -0.2) is 15.9 Å². The molecular formula is C19H16FN3O. The molecule has 1 amide bonds. The molecule has 0 saturated heterocycles. The predicted molar refractivity (Wildman–Crippen MR) is 89.4 cm³/mol. The molecule has 3 rings (SSSR count). The molecule has 0 spiro atoms. The summed E-state index contributed by atoms with van der Waals surface area (Å²) >= 11 is 0. The van der Waals surface area contributed by atoms with Crippen LogP contribution in [0, 0.1) is 5.82 Å². The quantitative estimate of drug-likeness (QED) is 0.785. The Morgan fingerprint density at radius 3 is 2.50 bits per heavy atom. The van der Waals surface area contributed by atoms with E-state index >= 15 is 0 Å². The lowest BCUT2D eigenvalue weighted by Crippen LogP contribution is -2.25. The molecule has 1 N–H and O–H groups in total. The number of nitrogens with zero attached hydrogens (tertiary/aromatic N) is 2. The molecule has 2 aromatic carbocycles. The maximum Gasteiger partial charge on any atom is 0.224 e. The topological polar surface area (TPSA) is 54.9 Å². The summed E-state index contributed by atoms with van der Waals surface area (Å²) in [6, 6.07) is 17.4. The third-order valence-electron chi connectivity index (χ3n) is 3.54. The van der Waals surface area contributed by atoms with Gasteiger partial charge in [0.2, 0.25) is 5.91 Å². The van der Waals surface area contributed by atoms with Crippen molar-refractivity contribution in [3.05, 3.63) is 84.1 Å². The molecule has 24 heavy (non-hydrogen) atoms. The Bertz CT molecular complexity index is 820. The van der Waals surface area contributed by atoms with Crippen molar-refractivity contribution >= 4 is 5.91 Å². The van der Waals surface area contributed by atoms with E-state index in [0.29, 0.717) is 24.4 Å². The Morgan fingerprint density at radius 2 is 1.75 bits per heavy atom. The van der Waals surface area contributed by atoms with Crippen LogP contribution >= 0.6 is 0 Å². The number of hydrogen-bond acceptors (Lipinski definition) is 3. The number of nitrogens with one attached hydrogen (secondary N) is 1. The Kier molecular flexibility index (Phi) is 4.91. The third kappa shape index (κ3) is 4.23.